The lowest BCUT2D eigenvalue weighted by Crippen LogP contribution is -2.49. The third kappa shape index (κ3) is 5.91. The van der Waals surface area contributed by atoms with Gasteiger partial charge in [-0.1, -0.05) is 24.6 Å². The molecule has 2 aliphatic heterocycles. The molecule has 0 saturated heterocycles. The molecule has 0 fully saturated rings. The van der Waals surface area contributed by atoms with Crippen molar-refractivity contribution in [2.75, 3.05) is 39.0 Å². The Kier molecular flexibility index (Phi) is 8.09. The van der Waals surface area contributed by atoms with Crippen LogP contribution in [0.2, 0.25) is 0 Å². The molecule has 1 aliphatic carbocycles. The first-order valence-electron chi connectivity index (χ1n) is 16.3. The third-order valence-corrected chi connectivity index (χ3v) is 9.88. The second-order valence-electron chi connectivity index (χ2n) is 13.4. The molecule has 11 heteroatoms. The van der Waals surface area contributed by atoms with Crippen LogP contribution in [-0.4, -0.2) is 87.5 Å². The summed E-state index contributed by atoms with van der Waals surface area (Å²) in [6.07, 6.45) is 13.6. The summed E-state index contributed by atoms with van der Waals surface area (Å²) in [6, 6.07) is 7.09. The molecule has 1 aromatic carbocycles. The molecule has 7 rings (SSSR count). The number of fused-ring (bicyclic) bond motifs is 3. The Balaban J connectivity index is 1.21. The van der Waals surface area contributed by atoms with Gasteiger partial charge in [-0.3, -0.25) is 24.5 Å². The molecule has 3 aromatic heterocycles. The van der Waals surface area contributed by atoms with Gasteiger partial charge >= 0.3 is 0 Å². The van der Waals surface area contributed by atoms with E-state index in [4.69, 9.17) is 0 Å². The van der Waals surface area contributed by atoms with E-state index in [0.29, 0.717) is 31.6 Å². The molecule has 2 atom stereocenters. The topological polar surface area (TPSA) is 136 Å². The normalized spacial score (nSPS) is 22.3. The highest BCUT2D eigenvalue weighted by atomic mass is 16.2. The van der Waals surface area contributed by atoms with E-state index in [1.165, 1.54) is 0 Å². The van der Waals surface area contributed by atoms with Gasteiger partial charge in [-0.25, -0.2) is 4.98 Å². The number of H-pyrrole nitrogens is 1. The van der Waals surface area contributed by atoms with E-state index in [0.717, 1.165) is 76.6 Å². The quantitative estimate of drug-likeness (QED) is 0.307. The number of aromatic nitrogens is 4. The largest absolute Gasteiger partial charge is 0.344 e. The molecule has 2 unspecified atom stereocenters. The average molecular weight is 633 g/mol. The van der Waals surface area contributed by atoms with Gasteiger partial charge in [0.25, 0.3) is 5.91 Å². The molecule has 47 heavy (non-hydrogen) atoms. The van der Waals surface area contributed by atoms with Gasteiger partial charge in [0.15, 0.2) is 0 Å². The molecule has 3 amide bonds. The lowest BCUT2D eigenvalue weighted by molar-refractivity contribution is -0.132. The van der Waals surface area contributed by atoms with Crippen molar-refractivity contribution in [1.29, 1.82) is 0 Å². The number of hydrogen-bond donors (Lipinski definition) is 3. The van der Waals surface area contributed by atoms with E-state index in [1.54, 1.807) is 36.6 Å². The van der Waals surface area contributed by atoms with Crippen LogP contribution in [-0.2, 0) is 34.3 Å². The zero-order chi connectivity index (χ0) is 32.7. The molecule has 3 aliphatic rings. The van der Waals surface area contributed by atoms with Crippen molar-refractivity contribution in [2.45, 2.75) is 56.9 Å². The fourth-order valence-electron chi connectivity index (χ4n) is 7.26. The van der Waals surface area contributed by atoms with Crippen molar-refractivity contribution in [3.05, 3.63) is 88.0 Å². The average Bonchev–Trinajstić information content (AvgIpc) is 3.75. The summed E-state index contributed by atoms with van der Waals surface area (Å²) in [5.41, 5.74) is 5.99. The third-order valence-electron chi connectivity index (χ3n) is 9.88. The summed E-state index contributed by atoms with van der Waals surface area (Å²) in [5, 5.41) is 14.2. The van der Waals surface area contributed by atoms with Crippen LogP contribution in [0.5, 0.6) is 0 Å². The summed E-state index contributed by atoms with van der Waals surface area (Å²) in [4.78, 5) is 54.3. The maximum atomic E-state index is 13.9. The van der Waals surface area contributed by atoms with Crippen molar-refractivity contribution in [3.63, 3.8) is 0 Å². The number of likely N-dealkylation sites (N-methyl/N-ethyl adjacent to an activating group) is 2. The minimum atomic E-state index is -0.802. The van der Waals surface area contributed by atoms with Crippen molar-refractivity contribution >= 4 is 40.5 Å². The van der Waals surface area contributed by atoms with Gasteiger partial charge in [0.1, 0.15) is 17.6 Å². The number of aromatic amines is 1. The van der Waals surface area contributed by atoms with Gasteiger partial charge in [0.05, 0.1) is 17.1 Å². The molecule has 5 heterocycles. The first kappa shape index (κ1) is 30.7. The summed E-state index contributed by atoms with van der Waals surface area (Å²) < 4.78 is 0. The molecule has 5 bridgehead atoms. The Morgan fingerprint density at radius 3 is 2.64 bits per heavy atom. The number of carbonyl (C=O) groups excluding carboxylic acids is 3. The fraction of sp³-hybridized carbons (Fsp3) is 0.389. The highest BCUT2D eigenvalue weighted by Crippen LogP contribution is 2.47. The van der Waals surface area contributed by atoms with Crippen LogP contribution in [0, 0.1) is 6.92 Å². The second kappa shape index (κ2) is 12.4. The number of anilines is 1. The number of pyridine rings is 2. The zero-order valence-electron chi connectivity index (χ0n) is 27.1. The van der Waals surface area contributed by atoms with Crippen LogP contribution < -0.4 is 10.6 Å². The van der Waals surface area contributed by atoms with Crippen molar-refractivity contribution in [2.24, 2.45) is 0 Å². The minimum absolute atomic E-state index is 0.0869. The lowest BCUT2D eigenvalue weighted by Gasteiger charge is -2.25. The molecule has 1 spiro atoms. The Labute approximate surface area is 273 Å². The number of nitrogens with zero attached hydrogens (tertiary/aromatic N) is 5. The van der Waals surface area contributed by atoms with Gasteiger partial charge in [-0.15, -0.1) is 0 Å². The van der Waals surface area contributed by atoms with E-state index in [1.807, 2.05) is 19.1 Å². The van der Waals surface area contributed by atoms with Crippen molar-refractivity contribution in [1.82, 2.24) is 35.3 Å². The number of benzene rings is 1. The number of hydrogen-bond acceptors (Lipinski definition) is 7. The summed E-state index contributed by atoms with van der Waals surface area (Å²) in [5.74, 6) is -0.0598. The number of carbonyl (C=O) groups is 3. The molecule has 0 radical (unpaired) electrons. The lowest BCUT2D eigenvalue weighted by atomic mass is 9.79. The van der Waals surface area contributed by atoms with Gasteiger partial charge in [-0.2, -0.15) is 5.10 Å². The predicted molar refractivity (Wildman–Crippen MR) is 180 cm³/mol. The number of rotatable bonds is 2. The highest BCUT2D eigenvalue weighted by Gasteiger charge is 2.51. The van der Waals surface area contributed by atoms with Crippen LogP contribution >= 0.6 is 0 Å². The molecule has 4 aromatic rings. The monoisotopic (exact) mass is 632 g/mol. The van der Waals surface area contributed by atoms with E-state index in [-0.39, 0.29) is 17.5 Å². The summed E-state index contributed by atoms with van der Waals surface area (Å²) >= 11 is 0. The Bertz CT molecular complexity index is 1920. The van der Waals surface area contributed by atoms with Crippen LogP contribution in [0.3, 0.4) is 0 Å². The number of aryl methyl sites for hydroxylation is 1. The molecular formula is C36H40N8O3. The first-order chi connectivity index (χ1) is 22.7. The first-order valence-corrected chi connectivity index (χ1v) is 16.3. The molecule has 11 nitrogen and oxygen atoms in total. The van der Waals surface area contributed by atoms with Crippen LogP contribution in [0.15, 0.2) is 48.9 Å². The van der Waals surface area contributed by atoms with Gasteiger partial charge in [-0.05, 0) is 92.2 Å². The zero-order valence-corrected chi connectivity index (χ0v) is 27.1. The van der Waals surface area contributed by atoms with Gasteiger partial charge in [0, 0.05) is 49.9 Å². The summed E-state index contributed by atoms with van der Waals surface area (Å²) in [7, 11) is 3.91. The smallest absolute Gasteiger partial charge is 0.270 e. The maximum Gasteiger partial charge on any atom is 0.270 e. The van der Waals surface area contributed by atoms with Gasteiger partial charge < -0.3 is 20.4 Å². The Hall–Kier alpha value is -4.90. The SMILES string of the molecule is Cc1cc(CC2NC(=O)c3cc4c(cn3)CC3(C4)C(=O)Nc4ncc(cc43)C=CCN(C)CCCCCN(C)C2=O)cc2cn[nH]c12. The van der Waals surface area contributed by atoms with Crippen LogP contribution in [0.25, 0.3) is 17.0 Å². The van der Waals surface area contributed by atoms with Crippen molar-refractivity contribution < 1.29 is 14.4 Å². The van der Waals surface area contributed by atoms with E-state index in [2.05, 4.69) is 61.0 Å². The van der Waals surface area contributed by atoms with Crippen LogP contribution in [0.1, 0.15) is 63.1 Å². The standard InChI is InChI=1S/C36H40N8O3/c1-22-12-24(13-26-21-39-42-31(22)26)15-30-34(46)44(3)11-6-4-5-9-43(2)10-7-8-23-14-28-32(38-19-23)41-35(47)36(28)17-25-16-29(33(45)40-30)37-20-27(25)18-36/h7-8,12-14,16,19-21,30H,4-6,9-11,15,17-18H2,1-3H3,(H,39,42)(H,40,45)(H,38,41,47). The van der Waals surface area contributed by atoms with Crippen LogP contribution in [0.4, 0.5) is 5.82 Å². The van der Waals surface area contributed by atoms with Crippen molar-refractivity contribution in [3.8, 4) is 0 Å². The Morgan fingerprint density at radius 1 is 0.936 bits per heavy atom. The van der Waals surface area contributed by atoms with E-state index >= 15 is 0 Å². The molecular weight excluding hydrogens is 592 g/mol. The summed E-state index contributed by atoms with van der Waals surface area (Å²) in [6.45, 7) is 4.33. The minimum Gasteiger partial charge on any atom is -0.344 e. The Morgan fingerprint density at radius 2 is 1.77 bits per heavy atom. The second-order valence-corrected chi connectivity index (χ2v) is 13.4. The number of amides is 3. The maximum absolute atomic E-state index is 13.9. The molecule has 0 saturated carbocycles. The van der Waals surface area contributed by atoms with E-state index in [9.17, 15) is 14.4 Å². The molecule has 242 valence electrons. The molecule has 3 N–H and O–H groups in total. The highest BCUT2D eigenvalue weighted by molar-refractivity contribution is 6.06. The van der Waals surface area contributed by atoms with Gasteiger partial charge in [0.2, 0.25) is 11.8 Å². The number of nitrogens with one attached hydrogen (secondary N) is 3. The fourth-order valence-corrected chi connectivity index (χ4v) is 7.26. The van der Waals surface area contributed by atoms with E-state index < -0.39 is 17.4 Å². The predicted octanol–water partition coefficient (Wildman–Crippen LogP) is 3.58.